The molecule has 0 bridgehead atoms. The zero-order valence-electron chi connectivity index (χ0n) is 22.7. The third-order valence-corrected chi connectivity index (χ3v) is 6.91. The van der Waals surface area contributed by atoms with E-state index in [2.05, 4.69) is 24.7 Å². The van der Waals surface area contributed by atoms with Crippen molar-refractivity contribution in [2.75, 3.05) is 24.5 Å². The molecular formula is C28H31N5O6S. The highest BCUT2D eigenvalue weighted by Crippen LogP contribution is 2.41. The first-order valence-electron chi connectivity index (χ1n) is 12.6. The van der Waals surface area contributed by atoms with Gasteiger partial charge in [0, 0.05) is 12.4 Å². The second-order valence-electron chi connectivity index (χ2n) is 9.54. The maximum absolute atomic E-state index is 13.5. The highest BCUT2D eigenvalue weighted by atomic mass is 32.2. The van der Waals surface area contributed by atoms with Crippen LogP contribution in [0.25, 0.3) is 11.6 Å². The van der Waals surface area contributed by atoms with Crippen LogP contribution in [0.2, 0.25) is 0 Å². The van der Waals surface area contributed by atoms with E-state index in [4.69, 9.17) is 14.2 Å². The van der Waals surface area contributed by atoms with E-state index in [1.54, 1.807) is 42.5 Å². The number of sulfonamides is 1. The number of ether oxygens (including phenoxy) is 3. The standard InChI is InChI=1S/C28H31N5O6S/c1-5-37-21-9-6-7-10-22(21)39-23-24(33-40(35,36)20-13-11-19(12-14-20)28(2,3)4)31-26(25-29-15-8-16-30-25)32-27(23)38-18-17-34/h6-16,34H,5,17-18H2,1-4H3,(H,31,32,33). The van der Waals surface area contributed by atoms with Gasteiger partial charge in [0.25, 0.3) is 15.9 Å². The van der Waals surface area contributed by atoms with Crippen LogP contribution in [-0.2, 0) is 15.4 Å². The fourth-order valence-corrected chi connectivity index (χ4v) is 4.59. The highest BCUT2D eigenvalue weighted by molar-refractivity contribution is 7.92. The Morgan fingerprint density at radius 1 is 0.875 bits per heavy atom. The Labute approximate surface area is 233 Å². The summed E-state index contributed by atoms with van der Waals surface area (Å²) < 4.78 is 47.1. The van der Waals surface area contributed by atoms with Gasteiger partial charge in [-0.25, -0.2) is 23.4 Å². The Balaban J connectivity index is 1.85. The number of hydrogen-bond donors (Lipinski definition) is 2. The molecule has 2 aromatic carbocycles. The predicted octanol–water partition coefficient (Wildman–Crippen LogP) is 4.59. The van der Waals surface area contributed by atoms with Gasteiger partial charge in [0.2, 0.25) is 11.6 Å². The number of aromatic nitrogens is 4. The molecule has 0 amide bonds. The number of anilines is 1. The van der Waals surface area contributed by atoms with E-state index >= 15 is 0 Å². The van der Waals surface area contributed by atoms with Crippen molar-refractivity contribution in [2.24, 2.45) is 0 Å². The summed E-state index contributed by atoms with van der Waals surface area (Å²) in [6.45, 7) is 7.86. The Morgan fingerprint density at radius 2 is 1.55 bits per heavy atom. The first-order chi connectivity index (χ1) is 19.1. The van der Waals surface area contributed by atoms with Gasteiger partial charge in [-0.15, -0.1) is 0 Å². The molecule has 0 radical (unpaired) electrons. The molecule has 11 nitrogen and oxygen atoms in total. The van der Waals surface area contributed by atoms with Gasteiger partial charge in [-0.05, 0) is 48.2 Å². The Kier molecular flexibility index (Phi) is 8.80. The second-order valence-corrected chi connectivity index (χ2v) is 11.2. The number of aliphatic hydroxyl groups excluding tert-OH is 1. The van der Waals surface area contributed by atoms with Crippen LogP contribution in [0.15, 0.2) is 71.9 Å². The molecule has 4 aromatic rings. The maximum atomic E-state index is 13.5. The summed E-state index contributed by atoms with van der Waals surface area (Å²) in [5.41, 5.74) is 0.828. The van der Waals surface area contributed by atoms with Crippen LogP contribution in [0, 0.1) is 0 Å². The second kappa shape index (κ2) is 12.3. The van der Waals surface area contributed by atoms with Gasteiger partial charge in [-0.1, -0.05) is 45.0 Å². The third kappa shape index (κ3) is 6.82. The average Bonchev–Trinajstić information content (AvgIpc) is 2.94. The number of nitrogens with one attached hydrogen (secondary N) is 1. The van der Waals surface area contributed by atoms with Crippen LogP contribution in [0.5, 0.6) is 23.1 Å². The van der Waals surface area contributed by atoms with Crippen molar-refractivity contribution in [1.82, 2.24) is 19.9 Å². The summed E-state index contributed by atoms with van der Waals surface area (Å²) in [6, 6.07) is 15.1. The molecule has 0 saturated heterocycles. The van der Waals surface area contributed by atoms with E-state index in [0.29, 0.717) is 12.4 Å². The largest absolute Gasteiger partial charge is 0.490 e. The van der Waals surface area contributed by atoms with Crippen LogP contribution >= 0.6 is 0 Å². The molecule has 0 saturated carbocycles. The number of hydrogen-bond acceptors (Lipinski definition) is 10. The van der Waals surface area contributed by atoms with Gasteiger partial charge in [-0.3, -0.25) is 4.72 Å². The SMILES string of the molecule is CCOc1ccccc1Oc1c(NS(=O)(=O)c2ccc(C(C)(C)C)cc2)nc(-c2ncccn2)nc1OCCO. The zero-order chi connectivity index (χ0) is 28.8. The molecule has 0 aliphatic carbocycles. The number of aliphatic hydroxyl groups is 1. The molecule has 2 heterocycles. The molecule has 210 valence electrons. The maximum Gasteiger partial charge on any atom is 0.263 e. The van der Waals surface area contributed by atoms with Crippen molar-refractivity contribution in [3.05, 3.63) is 72.6 Å². The molecule has 0 unspecified atom stereocenters. The smallest absolute Gasteiger partial charge is 0.263 e. The van der Waals surface area contributed by atoms with Crippen LogP contribution < -0.4 is 18.9 Å². The molecule has 2 aromatic heterocycles. The summed E-state index contributed by atoms with van der Waals surface area (Å²) in [7, 11) is -4.14. The van der Waals surface area contributed by atoms with Gasteiger partial charge >= 0.3 is 0 Å². The fraction of sp³-hybridized carbons (Fsp3) is 0.286. The molecule has 0 aliphatic heterocycles. The van der Waals surface area contributed by atoms with Gasteiger partial charge < -0.3 is 19.3 Å². The normalized spacial score (nSPS) is 11.6. The van der Waals surface area contributed by atoms with Crippen LogP contribution in [0.3, 0.4) is 0 Å². The van der Waals surface area contributed by atoms with E-state index in [1.807, 2.05) is 27.7 Å². The summed E-state index contributed by atoms with van der Waals surface area (Å²) in [6.07, 6.45) is 3.01. The minimum absolute atomic E-state index is 0.0141. The fourth-order valence-electron chi connectivity index (χ4n) is 3.59. The van der Waals surface area contributed by atoms with Crippen molar-refractivity contribution in [2.45, 2.75) is 38.0 Å². The van der Waals surface area contributed by atoms with Gasteiger partial charge in [-0.2, -0.15) is 4.98 Å². The van der Waals surface area contributed by atoms with E-state index in [-0.39, 0.29) is 58.4 Å². The molecule has 12 heteroatoms. The number of benzene rings is 2. The molecule has 4 rings (SSSR count). The van der Waals surface area contributed by atoms with Gasteiger partial charge in [0.05, 0.1) is 18.1 Å². The van der Waals surface area contributed by atoms with Crippen molar-refractivity contribution in [1.29, 1.82) is 0 Å². The Morgan fingerprint density at radius 3 is 2.17 bits per heavy atom. The van der Waals surface area contributed by atoms with E-state index < -0.39 is 10.0 Å². The lowest BCUT2D eigenvalue weighted by molar-refractivity contribution is 0.192. The molecule has 40 heavy (non-hydrogen) atoms. The lowest BCUT2D eigenvalue weighted by Gasteiger charge is -2.20. The monoisotopic (exact) mass is 565 g/mol. The summed E-state index contributed by atoms with van der Waals surface area (Å²) in [5, 5.41) is 9.43. The minimum Gasteiger partial charge on any atom is -0.490 e. The van der Waals surface area contributed by atoms with Crippen molar-refractivity contribution >= 4 is 15.8 Å². The van der Waals surface area contributed by atoms with Crippen molar-refractivity contribution < 1.29 is 27.7 Å². The molecule has 0 atom stereocenters. The topological polar surface area (TPSA) is 146 Å². The first kappa shape index (κ1) is 28.7. The van der Waals surface area contributed by atoms with E-state index in [0.717, 1.165) is 5.56 Å². The molecule has 0 fully saturated rings. The van der Waals surface area contributed by atoms with Crippen LogP contribution in [0.4, 0.5) is 5.82 Å². The first-order valence-corrected chi connectivity index (χ1v) is 14.1. The van der Waals surface area contributed by atoms with Gasteiger partial charge in [0.1, 0.15) is 6.61 Å². The lowest BCUT2D eigenvalue weighted by atomic mass is 9.87. The summed E-state index contributed by atoms with van der Waals surface area (Å²) in [4.78, 5) is 17.2. The number of rotatable bonds is 11. The molecule has 2 N–H and O–H groups in total. The zero-order valence-corrected chi connectivity index (χ0v) is 23.5. The van der Waals surface area contributed by atoms with Gasteiger partial charge in [0.15, 0.2) is 23.1 Å². The quantitative estimate of drug-likeness (QED) is 0.265. The number of para-hydroxylation sites is 2. The average molecular weight is 566 g/mol. The molecule has 0 spiro atoms. The summed E-state index contributed by atoms with van der Waals surface area (Å²) >= 11 is 0. The van der Waals surface area contributed by atoms with Crippen molar-refractivity contribution in [3.8, 4) is 34.8 Å². The minimum atomic E-state index is -4.14. The summed E-state index contributed by atoms with van der Waals surface area (Å²) in [5.74, 6) is 0.346. The van der Waals surface area contributed by atoms with E-state index in [9.17, 15) is 13.5 Å². The Bertz CT molecular complexity index is 1540. The third-order valence-electron chi connectivity index (χ3n) is 5.55. The number of nitrogens with zero attached hydrogens (tertiary/aromatic N) is 4. The molecular weight excluding hydrogens is 534 g/mol. The Hall–Kier alpha value is -4.29. The van der Waals surface area contributed by atoms with E-state index in [1.165, 1.54) is 24.5 Å². The highest BCUT2D eigenvalue weighted by Gasteiger charge is 2.26. The predicted molar refractivity (Wildman–Crippen MR) is 149 cm³/mol. The van der Waals surface area contributed by atoms with Crippen LogP contribution in [-0.4, -0.2) is 53.3 Å². The lowest BCUT2D eigenvalue weighted by Crippen LogP contribution is -2.17. The van der Waals surface area contributed by atoms with Crippen molar-refractivity contribution in [3.63, 3.8) is 0 Å². The molecule has 0 aliphatic rings. The van der Waals surface area contributed by atoms with Crippen LogP contribution in [0.1, 0.15) is 33.3 Å².